The number of esters is 4. The Morgan fingerprint density at radius 3 is 0.764 bits per heavy atom. The summed E-state index contributed by atoms with van der Waals surface area (Å²) in [4.78, 5) is 72.5. The van der Waals surface area contributed by atoms with Crippen LogP contribution in [0.15, 0.2) is 0 Å². The zero-order valence-corrected chi connectivity index (χ0v) is 59.4. The molecule has 0 spiro atoms. The van der Waals surface area contributed by atoms with Gasteiger partial charge in [-0.2, -0.15) is 0 Å². The summed E-state index contributed by atoms with van der Waals surface area (Å²) in [7, 11) is -9.90. The van der Waals surface area contributed by atoms with Crippen LogP contribution in [0.1, 0.15) is 362 Å². The van der Waals surface area contributed by atoms with Crippen LogP contribution in [0.2, 0.25) is 0 Å². The van der Waals surface area contributed by atoms with Gasteiger partial charge in [-0.1, -0.05) is 311 Å². The van der Waals surface area contributed by atoms with Gasteiger partial charge in [-0.15, -0.1) is 0 Å². The van der Waals surface area contributed by atoms with Gasteiger partial charge in [0, 0.05) is 25.7 Å². The molecule has 17 nitrogen and oxygen atoms in total. The Morgan fingerprint density at radius 2 is 0.517 bits per heavy atom. The van der Waals surface area contributed by atoms with Gasteiger partial charge in [-0.25, -0.2) is 9.13 Å². The maximum Gasteiger partial charge on any atom is 0.472 e. The van der Waals surface area contributed by atoms with Crippen molar-refractivity contribution in [2.75, 3.05) is 39.6 Å². The van der Waals surface area contributed by atoms with Crippen molar-refractivity contribution in [1.29, 1.82) is 0 Å². The fourth-order valence-corrected chi connectivity index (χ4v) is 12.2. The molecule has 0 amide bonds. The Hall–Kier alpha value is -1.94. The average molecular weight is 1310 g/mol. The van der Waals surface area contributed by atoms with Crippen LogP contribution in [0, 0.1) is 5.92 Å². The summed E-state index contributed by atoms with van der Waals surface area (Å²) in [5.41, 5.74) is 0. The third-order valence-corrected chi connectivity index (χ3v) is 18.2. The summed E-state index contributed by atoms with van der Waals surface area (Å²) >= 11 is 0. The topological polar surface area (TPSA) is 237 Å². The van der Waals surface area contributed by atoms with Gasteiger partial charge in [0.25, 0.3) is 0 Å². The molecule has 0 aromatic carbocycles. The van der Waals surface area contributed by atoms with E-state index in [4.69, 9.17) is 37.0 Å². The van der Waals surface area contributed by atoms with Crippen molar-refractivity contribution in [2.24, 2.45) is 5.92 Å². The number of carbonyl (C=O) groups is 4. The zero-order chi connectivity index (χ0) is 65.6. The molecule has 2 unspecified atom stereocenters. The van der Waals surface area contributed by atoms with Crippen molar-refractivity contribution in [2.45, 2.75) is 380 Å². The van der Waals surface area contributed by atoms with E-state index in [0.717, 1.165) is 95.8 Å². The molecule has 0 rings (SSSR count). The normalized spacial score (nSPS) is 14.1. The molecule has 0 radical (unpaired) electrons. The molecule has 89 heavy (non-hydrogen) atoms. The molecule has 0 fully saturated rings. The van der Waals surface area contributed by atoms with Crippen LogP contribution in [0.4, 0.5) is 0 Å². The molecule has 0 aliphatic rings. The van der Waals surface area contributed by atoms with Crippen LogP contribution < -0.4 is 0 Å². The van der Waals surface area contributed by atoms with E-state index in [2.05, 4.69) is 34.6 Å². The van der Waals surface area contributed by atoms with Crippen molar-refractivity contribution >= 4 is 39.5 Å². The summed E-state index contributed by atoms with van der Waals surface area (Å²) in [6.07, 6.45) is 49.8. The predicted octanol–water partition coefficient (Wildman–Crippen LogP) is 20.1. The zero-order valence-electron chi connectivity index (χ0n) is 57.6. The molecule has 19 heteroatoms. The molecule has 3 N–H and O–H groups in total. The lowest BCUT2D eigenvalue weighted by Gasteiger charge is -2.21. The minimum Gasteiger partial charge on any atom is -0.462 e. The summed E-state index contributed by atoms with van der Waals surface area (Å²) < 4.78 is 68.3. The molecule has 0 aliphatic carbocycles. The van der Waals surface area contributed by atoms with E-state index in [1.165, 1.54) is 186 Å². The number of rotatable bonds is 70. The fraction of sp³-hybridized carbons (Fsp3) is 0.943. The van der Waals surface area contributed by atoms with Gasteiger partial charge in [0.05, 0.1) is 26.4 Å². The minimum absolute atomic E-state index is 0.107. The molecule has 528 valence electrons. The number of phosphoric ester groups is 2. The molecule has 0 bridgehead atoms. The molecular formula is C70H136O17P2. The van der Waals surface area contributed by atoms with Gasteiger partial charge in [0.2, 0.25) is 0 Å². The first-order valence-corrected chi connectivity index (χ1v) is 39.6. The smallest absolute Gasteiger partial charge is 0.462 e. The lowest BCUT2D eigenvalue weighted by Crippen LogP contribution is -2.30. The molecule has 0 heterocycles. The largest absolute Gasteiger partial charge is 0.472 e. The molecule has 5 atom stereocenters. The first-order chi connectivity index (χ1) is 43.0. The van der Waals surface area contributed by atoms with Gasteiger partial charge in [0.1, 0.15) is 19.3 Å². The van der Waals surface area contributed by atoms with Crippen molar-refractivity contribution < 1.29 is 80.2 Å². The van der Waals surface area contributed by atoms with Crippen LogP contribution >= 0.6 is 15.6 Å². The van der Waals surface area contributed by atoms with E-state index in [0.29, 0.717) is 25.7 Å². The van der Waals surface area contributed by atoms with Gasteiger partial charge in [-0.3, -0.25) is 37.3 Å². The molecule has 0 aromatic heterocycles. The Balaban J connectivity index is 5.24. The highest BCUT2D eigenvalue weighted by molar-refractivity contribution is 7.47. The van der Waals surface area contributed by atoms with E-state index in [1.54, 1.807) is 0 Å². The highest BCUT2D eigenvalue weighted by Gasteiger charge is 2.30. The number of unbranched alkanes of at least 4 members (excludes halogenated alkanes) is 42. The van der Waals surface area contributed by atoms with Crippen molar-refractivity contribution in [3.05, 3.63) is 0 Å². The second-order valence-electron chi connectivity index (χ2n) is 25.7. The molecule has 0 aromatic rings. The Morgan fingerprint density at radius 1 is 0.303 bits per heavy atom. The number of carbonyl (C=O) groups excluding carboxylic acids is 4. The summed E-state index contributed by atoms with van der Waals surface area (Å²) in [6.45, 7) is 7.23. The Kier molecular flexibility index (Phi) is 62.1. The van der Waals surface area contributed by atoms with Gasteiger partial charge in [-0.05, 0) is 31.6 Å². The molecular weight excluding hydrogens is 1170 g/mol. The van der Waals surface area contributed by atoms with Crippen molar-refractivity contribution in [3.8, 4) is 0 Å². The van der Waals surface area contributed by atoms with Crippen LogP contribution in [0.5, 0.6) is 0 Å². The average Bonchev–Trinajstić information content (AvgIpc) is 3.55. The van der Waals surface area contributed by atoms with E-state index in [1.807, 2.05) is 0 Å². The van der Waals surface area contributed by atoms with Crippen LogP contribution in [0.3, 0.4) is 0 Å². The lowest BCUT2D eigenvalue weighted by molar-refractivity contribution is -0.161. The number of ether oxygens (including phenoxy) is 4. The first kappa shape index (κ1) is 87.1. The third kappa shape index (κ3) is 64.6. The SMILES string of the molecule is CCCCCCCCCCCCCCCCCC(=O)O[C@H](COC(=O)CCCCCCCCCCCCC(C)C)COP(=O)(O)OC[C@@H](O)COP(=O)(O)OC[C@@H](COC(=O)CCCCCCCCCCC)OC(=O)CCCCCCCCCCCCCC. The molecule has 0 saturated carbocycles. The van der Waals surface area contributed by atoms with Crippen molar-refractivity contribution in [3.63, 3.8) is 0 Å². The van der Waals surface area contributed by atoms with Crippen LogP contribution in [0.25, 0.3) is 0 Å². The standard InChI is InChI=1S/C70H136O17P2/c1-6-9-12-15-18-21-23-25-26-27-29-36-41-46-51-56-70(75)87-66(60-81-68(73)54-49-44-39-34-31-30-33-37-42-47-52-63(4)5)62-85-89(78,79)83-58-64(71)57-82-88(76,77)84-61-65(59-80-67(72)53-48-43-38-32-20-17-14-11-8-3)86-69(74)55-50-45-40-35-28-24-22-19-16-13-10-7-2/h63-66,71H,6-62H2,1-5H3,(H,76,77)(H,78,79)/t64-,65+,66+/m0/s1. The van der Waals surface area contributed by atoms with Crippen molar-refractivity contribution in [1.82, 2.24) is 0 Å². The number of phosphoric acid groups is 2. The van der Waals surface area contributed by atoms with Gasteiger partial charge >= 0.3 is 39.5 Å². The third-order valence-electron chi connectivity index (χ3n) is 16.3. The van der Waals surface area contributed by atoms with E-state index in [9.17, 15) is 43.2 Å². The minimum atomic E-state index is -4.95. The highest BCUT2D eigenvalue weighted by atomic mass is 31.2. The maximum atomic E-state index is 13.0. The van der Waals surface area contributed by atoms with Gasteiger partial charge < -0.3 is 33.8 Å². The maximum absolute atomic E-state index is 13.0. The number of aliphatic hydroxyl groups excluding tert-OH is 1. The van der Waals surface area contributed by atoms with Crippen LogP contribution in [-0.2, 0) is 65.4 Å². The number of hydrogen-bond donors (Lipinski definition) is 3. The fourth-order valence-electron chi connectivity index (χ4n) is 10.6. The second kappa shape index (κ2) is 63.5. The summed E-state index contributed by atoms with van der Waals surface area (Å²) in [5.74, 6) is -1.36. The molecule has 0 aliphatic heterocycles. The Labute approximate surface area is 543 Å². The van der Waals surface area contributed by atoms with E-state index in [-0.39, 0.29) is 25.7 Å². The number of aliphatic hydroxyl groups is 1. The summed E-state index contributed by atoms with van der Waals surface area (Å²) in [5, 5.41) is 10.6. The lowest BCUT2D eigenvalue weighted by atomic mass is 10.0. The summed E-state index contributed by atoms with van der Waals surface area (Å²) in [6, 6.07) is 0. The highest BCUT2D eigenvalue weighted by Crippen LogP contribution is 2.45. The monoisotopic (exact) mass is 1310 g/mol. The second-order valence-corrected chi connectivity index (χ2v) is 28.7. The van der Waals surface area contributed by atoms with Crippen LogP contribution in [-0.4, -0.2) is 96.7 Å². The van der Waals surface area contributed by atoms with E-state index >= 15 is 0 Å². The predicted molar refractivity (Wildman–Crippen MR) is 358 cm³/mol. The van der Waals surface area contributed by atoms with Gasteiger partial charge in [0.15, 0.2) is 12.2 Å². The molecule has 0 saturated heterocycles. The Bertz CT molecular complexity index is 1720. The first-order valence-electron chi connectivity index (χ1n) is 36.6. The number of hydrogen-bond acceptors (Lipinski definition) is 15. The quantitative estimate of drug-likeness (QED) is 0.0222. The van der Waals surface area contributed by atoms with E-state index < -0.39 is 97.5 Å².